The van der Waals surface area contributed by atoms with Gasteiger partial charge in [-0.25, -0.2) is 10.0 Å². The summed E-state index contributed by atoms with van der Waals surface area (Å²) in [5, 5.41) is 29.7. The molecule has 0 aromatic heterocycles. The van der Waals surface area contributed by atoms with Gasteiger partial charge in [-0.1, -0.05) is 12.1 Å². The van der Waals surface area contributed by atoms with Crippen molar-refractivity contribution in [3.8, 4) is 0 Å². The Balaban J connectivity index is 2.59. The fourth-order valence-electron chi connectivity index (χ4n) is 1.63. The first-order valence-electron chi connectivity index (χ1n) is 5.72. The molecule has 104 valence electrons. The number of amides is 1. The van der Waals surface area contributed by atoms with E-state index in [1.54, 1.807) is 12.1 Å². The lowest BCUT2D eigenvalue weighted by Gasteiger charge is -2.14. The predicted octanol–water partition coefficient (Wildman–Crippen LogP) is -0.388. The van der Waals surface area contributed by atoms with Gasteiger partial charge in [-0.15, -0.1) is 0 Å². The van der Waals surface area contributed by atoms with Crippen molar-refractivity contribution >= 4 is 17.6 Å². The largest absolute Gasteiger partial charge is 0.595 e. The van der Waals surface area contributed by atoms with Gasteiger partial charge in [-0.3, -0.25) is 4.79 Å². The van der Waals surface area contributed by atoms with Crippen LogP contribution in [0.15, 0.2) is 24.3 Å². The molecule has 0 fully saturated rings. The maximum Gasteiger partial charge on any atom is 0.326 e. The average molecular weight is 268 g/mol. The number of hydrogen-bond donors (Lipinski definition) is 4. The summed E-state index contributed by atoms with van der Waals surface area (Å²) in [5.41, 5.74) is 1.00. The number of carbonyl (C=O) groups excluding carboxylic acids is 1. The number of carbonyl (C=O) groups is 2. The Kier molecular flexibility index (Phi) is 5.43. The Bertz CT molecular complexity index is 444. The molecule has 2 atom stereocenters. The van der Waals surface area contributed by atoms with Crippen molar-refractivity contribution < 1.29 is 25.1 Å². The fraction of sp³-hybridized carbons (Fsp3) is 0.333. The Morgan fingerprint density at radius 3 is 2.37 bits per heavy atom. The smallest absolute Gasteiger partial charge is 0.326 e. The van der Waals surface area contributed by atoms with Crippen LogP contribution in [-0.2, 0) is 16.0 Å². The highest BCUT2D eigenvalue weighted by atomic mass is 16.8. The first-order chi connectivity index (χ1) is 8.90. The van der Waals surface area contributed by atoms with Gasteiger partial charge in [0.15, 0.2) is 5.69 Å². The van der Waals surface area contributed by atoms with Gasteiger partial charge in [0, 0.05) is 19.1 Å². The van der Waals surface area contributed by atoms with E-state index in [-0.39, 0.29) is 12.1 Å². The first-order valence-corrected chi connectivity index (χ1v) is 5.72. The summed E-state index contributed by atoms with van der Waals surface area (Å²) in [6.45, 7) is 1.26. The maximum atomic E-state index is 10.9. The third-order valence-electron chi connectivity index (χ3n) is 2.60. The summed E-state index contributed by atoms with van der Waals surface area (Å²) in [4.78, 5) is 21.8. The monoisotopic (exact) mass is 268 g/mol. The molecule has 0 radical (unpaired) electrons. The maximum absolute atomic E-state index is 10.9. The summed E-state index contributed by atoms with van der Waals surface area (Å²) in [6.07, 6.45) is 0.693. The summed E-state index contributed by atoms with van der Waals surface area (Å²) >= 11 is 0. The summed E-state index contributed by atoms with van der Waals surface area (Å²) in [6, 6.07) is 5.26. The number of carboxylic acid groups (broad SMARTS) is 1. The van der Waals surface area contributed by atoms with E-state index >= 15 is 0 Å². The quantitative estimate of drug-likeness (QED) is 0.525. The van der Waals surface area contributed by atoms with Crippen LogP contribution < -0.4 is 10.5 Å². The van der Waals surface area contributed by atoms with E-state index in [0.717, 1.165) is 5.56 Å². The third-order valence-corrected chi connectivity index (χ3v) is 2.60. The lowest BCUT2D eigenvalue weighted by molar-refractivity contribution is -0.991. The molecule has 1 aromatic carbocycles. The van der Waals surface area contributed by atoms with Gasteiger partial charge >= 0.3 is 5.97 Å². The molecule has 0 heterocycles. The molecule has 0 aliphatic carbocycles. The summed E-state index contributed by atoms with van der Waals surface area (Å²) < 4.78 is 0. The summed E-state index contributed by atoms with van der Waals surface area (Å²) in [5.74, 6) is -1.48. The number of aryl methyl sites for hydroxylation is 1. The zero-order valence-corrected chi connectivity index (χ0v) is 10.4. The van der Waals surface area contributed by atoms with Gasteiger partial charge in [-0.05, 0) is 18.4 Å². The van der Waals surface area contributed by atoms with E-state index in [1.165, 1.54) is 19.1 Å². The van der Waals surface area contributed by atoms with Crippen LogP contribution in [0.3, 0.4) is 0 Å². The van der Waals surface area contributed by atoms with Crippen LogP contribution in [-0.4, -0.2) is 28.2 Å². The minimum absolute atomic E-state index is 0.181. The SMILES string of the molecule is CC(=O)N[C@H](CCc1ccc([NH+]([O-])O)cc1)C(=O)O. The second-order valence-corrected chi connectivity index (χ2v) is 4.13. The van der Waals surface area contributed by atoms with Gasteiger partial charge in [0.1, 0.15) is 6.04 Å². The van der Waals surface area contributed by atoms with Crippen molar-refractivity contribution in [2.24, 2.45) is 0 Å². The average Bonchev–Trinajstić information content (AvgIpc) is 2.34. The zero-order valence-electron chi connectivity index (χ0n) is 10.4. The molecule has 0 bridgehead atoms. The number of carboxylic acids is 1. The van der Waals surface area contributed by atoms with Crippen molar-refractivity contribution in [1.82, 2.24) is 5.32 Å². The third kappa shape index (κ3) is 5.04. The van der Waals surface area contributed by atoms with Crippen molar-refractivity contribution in [1.29, 1.82) is 0 Å². The van der Waals surface area contributed by atoms with E-state index in [1.807, 2.05) is 0 Å². The topological polar surface area (TPSA) is 114 Å². The van der Waals surface area contributed by atoms with Crippen molar-refractivity contribution in [3.63, 3.8) is 0 Å². The van der Waals surface area contributed by atoms with Crippen molar-refractivity contribution in [2.75, 3.05) is 0 Å². The molecule has 1 rings (SSSR count). The second-order valence-electron chi connectivity index (χ2n) is 4.13. The summed E-state index contributed by atoms with van der Waals surface area (Å²) in [7, 11) is 0. The van der Waals surface area contributed by atoms with E-state index in [9.17, 15) is 14.8 Å². The molecule has 7 heteroatoms. The number of hydrogen-bond acceptors (Lipinski definition) is 4. The Morgan fingerprint density at radius 2 is 1.95 bits per heavy atom. The van der Waals surface area contributed by atoms with Crippen LogP contribution in [0.25, 0.3) is 0 Å². The van der Waals surface area contributed by atoms with Crippen LogP contribution in [0.1, 0.15) is 18.9 Å². The molecule has 0 saturated heterocycles. The molecule has 0 aliphatic heterocycles. The lowest BCUT2D eigenvalue weighted by Crippen LogP contribution is -2.99. The standard InChI is InChI=1S/C12H16N2O5/c1-8(15)13-11(12(16)17)7-4-9-2-5-10(6-3-9)14(18)19/h2-3,5-6,11,14,18H,4,7H2,1H3,(H,13,15)(H,16,17)/t11-/m1/s1. The molecule has 19 heavy (non-hydrogen) atoms. The lowest BCUT2D eigenvalue weighted by atomic mass is 10.0. The van der Waals surface area contributed by atoms with Crippen LogP contribution in [0.5, 0.6) is 0 Å². The Hall–Kier alpha value is -1.96. The number of rotatable bonds is 6. The van der Waals surface area contributed by atoms with Crippen LogP contribution in [0.2, 0.25) is 0 Å². The van der Waals surface area contributed by atoms with Crippen LogP contribution in [0.4, 0.5) is 5.69 Å². The number of benzene rings is 1. The molecule has 4 N–H and O–H groups in total. The predicted molar refractivity (Wildman–Crippen MR) is 65.8 cm³/mol. The molecule has 0 spiro atoms. The minimum atomic E-state index is -1.09. The van der Waals surface area contributed by atoms with Crippen molar-refractivity contribution in [3.05, 3.63) is 35.0 Å². The second kappa shape index (κ2) is 6.83. The minimum Gasteiger partial charge on any atom is -0.595 e. The van der Waals surface area contributed by atoms with E-state index in [0.29, 0.717) is 6.42 Å². The molecule has 1 aromatic rings. The molecule has 7 nitrogen and oxygen atoms in total. The van der Waals surface area contributed by atoms with E-state index in [4.69, 9.17) is 10.3 Å². The number of nitrogens with one attached hydrogen (secondary N) is 2. The Morgan fingerprint density at radius 1 is 1.37 bits per heavy atom. The highest BCUT2D eigenvalue weighted by molar-refractivity contribution is 5.82. The fourth-order valence-corrected chi connectivity index (χ4v) is 1.63. The highest BCUT2D eigenvalue weighted by Gasteiger charge is 2.17. The van der Waals surface area contributed by atoms with E-state index in [2.05, 4.69) is 5.32 Å². The first kappa shape index (κ1) is 15.1. The zero-order chi connectivity index (χ0) is 14.4. The normalized spacial score (nSPS) is 13.6. The van der Waals surface area contributed by atoms with Gasteiger partial charge in [0.05, 0.1) is 0 Å². The van der Waals surface area contributed by atoms with Crippen LogP contribution in [0, 0.1) is 5.21 Å². The Labute approximate surface area is 110 Å². The van der Waals surface area contributed by atoms with E-state index < -0.39 is 23.1 Å². The van der Waals surface area contributed by atoms with Gasteiger partial charge in [-0.2, -0.15) is 5.23 Å². The molecule has 1 unspecified atom stereocenters. The molecule has 0 saturated carbocycles. The van der Waals surface area contributed by atoms with Crippen molar-refractivity contribution in [2.45, 2.75) is 25.8 Å². The van der Waals surface area contributed by atoms with Gasteiger partial charge in [0.2, 0.25) is 5.91 Å². The highest BCUT2D eigenvalue weighted by Crippen LogP contribution is 2.09. The number of aliphatic carboxylic acids is 1. The molecule has 1 amide bonds. The molecule has 0 aliphatic rings. The molecular weight excluding hydrogens is 252 g/mol. The van der Waals surface area contributed by atoms with Crippen LogP contribution >= 0.6 is 0 Å². The van der Waals surface area contributed by atoms with Gasteiger partial charge < -0.3 is 15.6 Å². The van der Waals surface area contributed by atoms with Gasteiger partial charge in [0.25, 0.3) is 0 Å². The molecular formula is C12H16N2O5. The number of quaternary nitrogens is 1.